The predicted molar refractivity (Wildman–Crippen MR) is 41.7 cm³/mol. The standard InChI is InChI=1S/C8H14O2/c1-8(10)6-4-2-3-5-7-9/h2-5,8-10H,6-7H2,1H3/b4-2+,5-3+. The molecular formula is C8H14O2. The highest BCUT2D eigenvalue weighted by Crippen LogP contribution is 1.90. The fraction of sp³-hybridized carbons (Fsp3) is 0.500. The minimum Gasteiger partial charge on any atom is -0.393 e. The summed E-state index contributed by atoms with van der Waals surface area (Å²) in [6.45, 7) is 1.80. The molecule has 1 atom stereocenters. The van der Waals surface area contributed by atoms with E-state index in [-0.39, 0.29) is 12.7 Å². The lowest BCUT2D eigenvalue weighted by Crippen LogP contribution is -1.94. The monoisotopic (exact) mass is 142 g/mol. The number of aliphatic hydroxyl groups is 2. The normalized spacial score (nSPS) is 15.1. The lowest BCUT2D eigenvalue weighted by atomic mass is 10.2. The molecule has 0 saturated heterocycles. The molecule has 10 heavy (non-hydrogen) atoms. The van der Waals surface area contributed by atoms with Crippen LogP contribution in [0.1, 0.15) is 13.3 Å². The smallest absolute Gasteiger partial charge is 0.0615 e. The van der Waals surface area contributed by atoms with Gasteiger partial charge in [-0.3, -0.25) is 0 Å². The lowest BCUT2D eigenvalue weighted by molar-refractivity contribution is 0.198. The van der Waals surface area contributed by atoms with Gasteiger partial charge in [0.15, 0.2) is 0 Å². The Bertz CT molecular complexity index is 114. The topological polar surface area (TPSA) is 40.5 Å². The van der Waals surface area contributed by atoms with Crippen LogP contribution in [0, 0.1) is 0 Å². The van der Waals surface area contributed by atoms with Crippen molar-refractivity contribution in [2.24, 2.45) is 0 Å². The molecule has 2 nitrogen and oxygen atoms in total. The van der Waals surface area contributed by atoms with E-state index in [1.807, 2.05) is 12.2 Å². The Morgan fingerprint density at radius 1 is 1.30 bits per heavy atom. The van der Waals surface area contributed by atoms with E-state index in [1.54, 1.807) is 19.1 Å². The second-order valence-electron chi connectivity index (χ2n) is 2.12. The van der Waals surface area contributed by atoms with E-state index in [0.717, 1.165) is 0 Å². The molecule has 0 bridgehead atoms. The lowest BCUT2D eigenvalue weighted by Gasteiger charge is -1.93. The maximum absolute atomic E-state index is 8.78. The van der Waals surface area contributed by atoms with E-state index in [9.17, 15) is 0 Å². The predicted octanol–water partition coefficient (Wildman–Crippen LogP) is 0.862. The van der Waals surface area contributed by atoms with Crippen LogP contribution in [-0.2, 0) is 0 Å². The zero-order valence-electron chi connectivity index (χ0n) is 6.20. The first-order valence-corrected chi connectivity index (χ1v) is 3.38. The Kier molecular flexibility index (Phi) is 6.13. The largest absolute Gasteiger partial charge is 0.393 e. The highest BCUT2D eigenvalue weighted by atomic mass is 16.3. The Labute approximate surface area is 61.5 Å². The van der Waals surface area contributed by atoms with Crippen molar-refractivity contribution in [3.8, 4) is 0 Å². The third kappa shape index (κ3) is 7.40. The van der Waals surface area contributed by atoms with Crippen molar-refractivity contribution in [3.63, 3.8) is 0 Å². The Balaban J connectivity index is 3.28. The van der Waals surface area contributed by atoms with E-state index in [0.29, 0.717) is 6.42 Å². The minimum atomic E-state index is -0.279. The second-order valence-corrected chi connectivity index (χ2v) is 2.12. The van der Waals surface area contributed by atoms with Gasteiger partial charge in [-0.05, 0) is 13.3 Å². The van der Waals surface area contributed by atoms with Crippen molar-refractivity contribution in [2.45, 2.75) is 19.4 Å². The molecule has 0 aliphatic rings. The number of allylic oxidation sites excluding steroid dienone is 2. The highest BCUT2D eigenvalue weighted by molar-refractivity contribution is 5.02. The highest BCUT2D eigenvalue weighted by Gasteiger charge is 1.86. The summed E-state index contributed by atoms with van der Waals surface area (Å²) in [7, 11) is 0. The number of aliphatic hydroxyl groups excluding tert-OH is 2. The van der Waals surface area contributed by atoms with Crippen LogP contribution >= 0.6 is 0 Å². The first-order valence-electron chi connectivity index (χ1n) is 3.38. The SMILES string of the molecule is CC(O)C/C=C/C=C/CO. The summed E-state index contributed by atoms with van der Waals surface area (Å²) in [6, 6.07) is 0. The summed E-state index contributed by atoms with van der Waals surface area (Å²) in [6.07, 6.45) is 7.44. The molecule has 1 unspecified atom stereocenters. The van der Waals surface area contributed by atoms with Crippen molar-refractivity contribution in [3.05, 3.63) is 24.3 Å². The van der Waals surface area contributed by atoms with Gasteiger partial charge in [0.25, 0.3) is 0 Å². The van der Waals surface area contributed by atoms with Crippen LogP contribution in [-0.4, -0.2) is 22.9 Å². The number of hydrogen-bond acceptors (Lipinski definition) is 2. The van der Waals surface area contributed by atoms with Crippen molar-refractivity contribution in [2.75, 3.05) is 6.61 Å². The Hall–Kier alpha value is -0.600. The Morgan fingerprint density at radius 2 is 1.90 bits per heavy atom. The molecule has 2 heteroatoms. The average Bonchev–Trinajstić information content (AvgIpc) is 1.87. The average molecular weight is 142 g/mol. The number of rotatable bonds is 4. The van der Waals surface area contributed by atoms with Gasteiger partial charge in [-0.1, -0.05) is 24.3 Å². The molecule has 0 heterocycles. The van der Waals surface area contributed by atoms with E-state index >= 15 is 0 Å². The van der Waals surface area contributed by atoms with Gasteiger partial charge in [-0.2, -0.15) is 0 Å². The van der Waals surface area contributed by atoms with Gasteiger partial charge in [-0.15, -0.1) is 0 Å². The quantitative estimate of drug-likeness (QED) is 0.571. The summed E-state index contributed by atoms with van der Waals surface area (Å²) >= 11 is 0. The van der Waals surface area contributed by atoms with Crippen LogP contribution < -0.4 is 0 Å². The second kappa shape index (κ2) is 6.52. The number of hydrogen-bond donors (Lipinski definition) is 2. The summed E-state index contributed by atoms with van der Waals surface area (Å²) in [5.41, 5.74) is 0. The van der Waals surface area contributed by atoms with Crippen molar-refractivity contribution >= 4 is 0 Å². The molecule has 0 aromatic carbocycles. The molecule has 0 aromatic heterocycles. The van der Waals surface area contributed by atoms with Gasteiger partial charge < -0.3 is 10.2 Å². The molecule has 0 amide bonds. The van der Waals surface area contributed by atoms with E-state index in [1.165, 1.54) is 0 Å². The first-order chi connectivity index (χ1) is 4.77. The molecule has 2 N–H and O–H groups in total. The first kappa shape index (κ1) is 9.40. The molecule has 0 radical (unpaired) electrons. The van der Waals surface area contributed by atoms with Gasteiger partial charge in [0.2, 0.25) is 0 Å². The van der Waals surface area contributed by atoms with Crippen LogP contribution in [0.25, 0.3) is 0 Å². The van der Waals surface area contributed by atoms with Crippen LogP contribution in [0.3, 0.4) is 0 Å². The molecule has 0 aliphatic carbocycles. The van der Waals surface area contributed by atoms with Crippen molar-refractivity contribution in [1.82, 2.24) is 0 Å². The summed E-state index contributed by atoms with van der Waals surface area (Å²) in [4.78, 5) is 0. The van der Waals surface area contributed by atoms with E-state index in [2.05, 4.69) is 0 Å². The molecule has 58 valence electrons. The van der Waals surface area contributed by atoms with Gasteiger partial charge >= 0.3 is 0 Å². The Morgan fingerprint density at radius 3 is 2.40 bits per heavy atom. The van der Waals surface area contributed by atoms with Gasteiger partial charge in [0.05, 0.1) is 12.7 Å². The zero-order valence-corrected chi connectivity index (χ0v) is 6.20. The molecule has 0 aromatic rings. The molecule has 0 rings (SSSR count). The molecular weight excluding hydrogens is 128 g/mol. The molecule has 0 aliphatic heterocycles. The fourth-order valence-corrected chi connectivity index (χ4v) is 0.494. The van der Waals surface area contributed by atoms with Crippen LogP contribution in [0.4, 0.5) is 0 Å². The maximum Gasteiger partial charge on any atom is 0.0615 e. The molecule has 0 fully saturated rings. The third-order valence-corrected chi connectivity index (χ3v) is 0.966. The van der Waals surface area contributed by atoms with Gasteiger partial charge in [0.1, 0.15) is 0 Å². The maximum atomic E-state index is 8.78. The van der Waals surface area contributed by atoms with E-state index in [4.69, 9.17) is 10.2 Å². The van der Waals surface area contributed by atoms with Crippen molar-refractivity contribution < 1.29 is 10.2 Å². The molecule has 0 saturated carbocycles. The summed E-state index contributed by atoms with van der Waals surface area (Å²) < 4.78 is 0. The van der Waals surface area contributed by atoms with Crippen LogP contribution in [0.5, 0.6) is 0 Å². The van der Waals surface area contributed by atoms with Gasteiger partial charge in [-0.25, -0.2) is 0 Å². The van der Waals surface area contributed by atoms with Crippen molar-refractivity contribution in [1.29, 1.82) is 0 Å². The van der Waals surface area contributed by atoms with Crippen LogP contribution in [0.15, 0.2) is 24.3 Å². The van der Waals surface area contributed by atoms with E-state index < -0.39 is 0 Å². The summed E-state index contributed by atoms with van der Waals surface area (Å²) in [5.74, 6) is 0. The zero-order chi connectivity index (χ0) is 7.82. The van der Waals surface area contributed by atoms with Crippen LogP contribution in [0.2, 0.25) is 0 Å². The third-order valence-electron chi connectivity index (χ3n) is 0.966. The van der Waals surface area contributed by atoms with Gasteiger partial charge in [0, 0.05) is 0 Å². The summed E-state index contributed by atoms with van der Waals surface area (Å²) in [5, 5.41) is 17.1. The fourth-order valence-electron chi connectivity index (χ4n) is 0.494. The molecule has 0 spiro atoms. The minimum absolute atomic E-state index is 0.0685.